The fraction of sp³-hybridized carbons (Fsp3) is 0.136. The number of hydrogen-bond donors (Lipinski definition) is 1. The second kappa shape index (κ2) is 7.93. The molecule has 0 unspecified atom stereocenters. The number of benzene rings is 2. The predicted molar refractivity (Wildman–Crippen MR) is 122 cm³/mol. The van der Waals surface area contributed by atoms with Crippen molar-refractivity contribution in [2.45, 2.75) is 20.4 Å². The molecular weight excluding hydrogens is 450 g/mol. The summed E-state index contributed by atoms with van der Waals surface area (Å²) in [4.78, 5) is 30.7. The number of aromatic nitrogens is 2. The highest BCUT2D eigenvalue weighted by molar-refractivity contribution is 9.10. The summed E-state index contributed by atoms with van der Waals surface area (Å²) in [5.74, 6) is -0.262. The van der Waals surface area contributed by atoms with E-state index in [4.69, 9.17) is 0 Å². The number of aryl methyl sites for hydroxylation is 1. The smallest absolute Gasteiger partial charge is 0.263 e. The fourth-order valence-electron chi connectivity index (χ4n) is 3.15. The van der Waals surface area contributed by atoms with Crippen LogP contribution in [0.25, 0.3) is 21.3 Å². The van der Waals surface area contributed by atoms with E-state index in [0.717, 1.165) is 32.4 Å². The molecule has 5 nitrogen and oxygen atoms in total. The molecule has 0 fully saturated rings. The first kappa shape index (κ1) is 19.5. The van der Waals surface area contributed by atoms with Gasteiger partial charge in [-0.2, -0.15) is 0 Å². The van der Waals surface area contributed by atoms with Crippen molar-refractivity contribution in [3.63, 3.8) is 0 Å². The van der Waals surface area contributed by atoms with Crippen molar-refractivity contribution in [3.8, 4) is 11.1 Å². The van der Waals surface area contributed by atoms with E-state index in [1.165, 1.54) is 22.2 Å². The van der Waals surface area contributed by atoms with Crippen LogP contribution in [0.2, 0.25) is 0 Å². The highest BCUT2D eigenvalue weighted by Crippen LogP contribution is 2.31. The molecule has 0 saturated carbocycles. The topological polar surface area (TPSA) is 64.0 Å². The van der Waals surface area contributed by atoms with Crippen molar-refractivity contribution in [1.29, 1.82) is 0 Å². The monoisotopic (exact) mass is 467 g/mol. The van der Waals surface area contributed by atoms with Crippen LogP contribution in [-0.4, -0.2) is 15.5 Å². The van der Waals surface area contributed by atoms with Gasteiger partial charge in [0.15, 0.2) is 0 Å². The second-order valence-electron chi connectivity index (χ2n) is 6.81. The van der Waals surface area contributed by atoms with E-state index < -0.39 is 0 Å². The first-order valence-corrected chi connectivity index (χ1v) is 10.7. The van der Waals surface area contributed by atoms with Crippen LogP contribution in [0.4, 0.5) is 5.69 Å². The SMILES string of the molecule is Cc1cccc(NC(=O)Cn2cnc3scc(-c4ccc(Br)cc4)c3c2=O)c1C. The predicted octanol–water partition coefficient (Wildman–Crippen LogP) is 5.14. The van der Waals surface area contributed by atoms with Crippen molar-refractivity contribution in [2.75, 3.05) is 5.32 Å². The second-order valence-corrected chi connectivity index (χ2v) is 8.58. The Balaban J connectivity index is 1.66. The maximum Gasteiger partial charge on any atom is 0.263 e. The van der Waals surface area contributed by atoms with Crippen LogP contribution in [0.1, 0.15) is 11.1 Å². The third-order valence-corrected chi connectivity index (χ3v) is 6.32. The lowest BCUT2D eigenvalue weighted by molar-refractivity contribution is -0.116. The molecule has 1 amide bonds. The molecule has 0 saturated heterocycles. The summed E-state index contributed by atoms with van der Waals surface area (Å²) < 4.78 is 2.33. The minimum absolute atomic E-state index is 0.0925. The van der Waals surface area contributed by atoms with Crippen LogP contribution in [0, 0.1) is 13.8 Å². The van der Waals surface area contributed by atoms with Gasteiger partial charge in [-0.05, 0) is 48.7 Å². The largest absolute Gasteiger partial charge is 0.324 e. The zero-order chi connectivity index (χ0) is 20.5. The Morgan fingerprint density at radius 1 is 1.17 bits per heavy atom. The van der Waals surface area contributed by atoms with Crippen LogP contribution in [0.5, 0.6) is 0 Å². The number of nitrogens with one attached hydrogen (secondary N) is 1. The minimum Gasteiger partial charge on any atom is -0.324 e. The zero-order valence-corrected chi connectivity index (χ0v) is 18.3. The number of halogens is 1. The number of fused-ring (bicyclic) bond motifs is 1. The molecule has 0 spiro atoms. The van der Waals surface area contributed by atoms with Crippen LogP contribution in [0.3, 0.4) is 0 Å². The molecule has 2 aromatic heterocycles. The number of amides is 1. The van der Waals surface area contributed by atoms with Gasteiger partial charge in [-0.3, -0.25) is 14.2 Å². The number of anilines is 1. The minimum atomic E-state index is -0.262. The van der Waals surface area contributed by atoms with Crippen molar-refractivity contribution >= 4 is 49.1 Å². The molecule has 0 bridgehead atoms. The molecular formula is C22H18BrN3O2S. The molecule has 1 N–H and O–H groups in total. The lowest BCUT2D eigenvalue weighted by atomic mass is 10.1. The first-order valence-electron chi connectivity index (χ1n) is 9.02. The molecule has 4 rings (SSSR count). The average molecular weight is 468 g/mol. The number of carbonyl (C=O) groups excluding carboxylic acids is 1. The number of thiophene rings is 1. The Bertz CT molecular complexity index is 1280. The van der Waals surface area contributed by atoms with Gasteiger partial charge in [-0.15, -0.1) is 11.3 Å². The molecule has 2 heterocycles. The van der Waals surface area contributed by atoms with Gasteiger partial charge in [0.2, 0.25) is 5.91 Å². The molecule has 0 radical (unpaired) electrons. The summed E-state index contributed by atoms with van der Waals surface area (Å²) in [6, 6.07) is 13.5. The van der Waals surface area contributed by atoms with Crippen molar-refractivity contribution in [3.05, 3.63) is 80.1 Å². The Morgan fingerprint density at radius 3 is 2.69 bits per heavy atom. The van der Waals surface area contributed by atoms with Gasteiger partial charge in [0, 0.05) is 21.1 Å². The van der Waals surface area contributed by atoms with Crippen molar-refractivity contribution < 1.29 is 4.79 Å². The van der Waals surface area contributed by atoms with Crippen LogP contribution < -0.4 is 10.9 Å². The Labute approximate surface area is 180 Å². The Kier molecular flexibility index (Phi) is 5.34. The summed E-state index contributed by atoms with van der Waals surface area (Å²) in [5, 5.41) is 5.37. The molecule has 7 heteroatoms. The highest BCUT2D eigenvalue weighted by Gasteiger charge is 2.15. The van der Waals surface area contributed by atoms with Crippen LogP contribution in [0.15, 0.2) is 63.4 Å². The quantitative estimate of drug-likeness (QED) is 0.451. The lowest BCUT2D eigenvalue weighted by Crippen LogP contribution is -2.28. The molecule has 0 atom stereocenters. The van der Waals surface area contributed by atoms with Gasteiger partial charge < -0.3 is 5.32 Å². The molecule has 4 aromatic rings. The van der Waals surface area contributed by atoms with E-state index >= 15 is 0 Å². The molecule has 0 aliphatic rings. The van der Waals surface area contributed by atoms with E-state index in [2.05, 4.69) is 26.2 Å². The zero-order valence-electron chi connectivity index (χ0n) is 15.9. The van der Waals surface area contributed by atoms with E-state index in [-0.39, 0.29) is 18.0 Å². The van der Waals surface area contributed by atoms with E-state index in [9.17, 15) is 9.59 Å². The van der Waals surface area contributed by atoms with Crippen molar-refractivity contribution in [2.24, 2.45) is 0 Å². The van der Waals surface area contributed by atoms with Gasteiger partial charge in [0.05, 0.1) is 11.7 Å². The number of nitrogens with zero attached hydrogens (tertiary/aromatic N) is 2. The van der Waals surface area contributed by atoms with Crippen LogP contribution in [-0.2, 0) is 11.3 Å². The third kappa shape index (κ3) is 3.88. The molecule has 2 aromatic carbocycles. The Morgan fingerprint density at radius 2 is 1.93 bits per heavy atom. The fourth-order valence-corrected chi connectivity index (χ4v) is 4.32. The maximum atomic E-state index is 13.1. The van der Waals surface area contributed by atoms with E-state index in [1.54, 1.807) is 0 Å². The first-order chi connectivity index (χ1) is 13.9. The summed E-state index contributed by atoms with van der Waals surface area (Å²) in [5.41, 5.74) is 4.42. The van der Waals surface area contributed by atoms with Crippen molar-refractivity contribution in [1.82, 2.24) is 9.55 Å². The lowest BCUT2D eigenvalue weighted by Gasteiger charge is -2.11. The molecule has 0 aliphatic heterocycles. The van der Waals surface area contributed by atoms with E-state index in [1.807, 2.05) is 61.7 Å². The highest BCUT2D eigenvalue weighted by atomic mass is 79.9. The van der Waals surface area contributed by atoms with Gasteiger partial charge in [-0.25, -0.2) is 4.98 Å². The summed E-state index contributed by atoms with van der Waals surface area (Å²) in [7, 11) is 0. The molecule has 29 heavy (non-hydrogen) atoms. The number of carbonyl (C=O) groups is 1. The van der Waals surface area contributed by atoms with Gasteiger partial charge >= 0.3 is 0 Å². The van der Waals surface area contributed by atoms with Gasteiger partial charge in [-0.1, -0.05) is 40.2 Å². The summed E-state index contributed by atoms with van der Waals surface area (Å²) in [6.07, 6.45) is 1.44. The van der Waals surface area contributed by atoms with Crippen LogP contribution >= 0.6 is 27.3 Å². The molecule has 146 valence electrons. The van der Waals surface area contributed by atoms with E-state index in [0.29, 0.717) is 10.2 Å². The summed E-state index contributed by atoms with van der Waals surface area (Å²) in [6.45, 7) is 3.86. The maximum absolute atomic E-state index is 13.1. The number of hydrogen-bond acceptors (Lipinski definition) is 4. The van der Waals surface area contributed by atoms with Gasteiger partial charge in [0.25, 0.3) is 5.56 Å². The molecule has 0 aliphatic carbocycles. The number of rotatable bonds is 4. The average Bonchev–Trinajstić information content (AvgIpc) is 3.13. The summed E-state index contributed by atoms with van der Waals surface area (Å²) >= 11 is 4.85. The third-order valence-electron chi connectivity index (χ3n) is 4.91. The van der Waals surface area contributed by atoms with Gasteiger partial charge in [0.1, 0.15) is 11.4 Å². The standard InChI is InChI=1S/C22H18BrN3O2S/c1-13-4-3-5-18(14(13)2)25-19(27)10-26-12-24-21-20(22(26)28)17(11-29-21)15-6-8-16(23)9-7-15/h3-9,11-12H,10H2,1-2H3,(H,25,27). The Hall–Kier alpha value is -2.77. The normalized spacial score (nSPS) is 11.0.